The predicted molar refractivity (Wildman–Crippen MR) is 97.3 cm³/mol. The van der Waals surface area contributed by atoms with Gasteiger partial charge in [-0.25, -0.2) is 8.42 Å². The Labute approximate surface area is 145 Å². The summed E-state index contributed by atoms with van der Waals surface area (Å²) in [7, 11) is -1.19. The van der Waals surface area contributed by atoms with Crippen molar-refractivity contribution in [3.05, 3.63) is 0 Å². The lowest BCUT2D eigenvalue weighted by Crippen LogP contribution is -2.43. The Hall–Kier alpha value is -0.0900. The summed E-state index contributed by atoms with van der Waals surface area (Å²) in [6.45, 7) is 3.64. The molecule has 1 aliphatic rings. The Balaban J connectivity index is 0.00000400. The fraction of sp³-hybridized carbons (Fsp3) is 0.923. The number of sulfone groups is 1. The van der Waals surface area contributed by atoms with Gasteiger partial charge in [-0.15, -0.1) is 24.0 Å². The number of nitrogens with one attached hydrogen (secondary N) is 2. The van der Waals surface area contributed by atoms with E-state index in [1.807, 2.05) is 6.92 Å². The molecule has 1 heterocycles. The van der Waals surface area contributed by atoms with Crippen molar-refractivity contribution in [3.63, 3.8) is 0 Å². The van der Waals surface area contributed by atoms with Crippen LogP contribution in [0.15, 0.2) is 4.99 Å². The highest BCUT2D eigenvalue weighted by Crippen LogP contribution is 2.14. The molecule has 2 atom stereocenters. The maximum atomic E-state index is 11.1. The van der Waals surface area contributed by atoms with E-state index >= 15 is 0 Å². The number of nitrogens with zero attached hydrogens (tertiary/aromatic N) is 1. The van der Waals surface area contributed by atoms with Crippen LogP contribution >= 0.6 is 24.0 Å². The molecular formula is C13H28IN3O3S. The van der Waals surface area contributed by atoms with Crippen LogP contribution in [0.25, 0.3) is 0 Å². The molecule has 1 rings (SSSR count). The van der Waals surface area contributed by atoms with Gasteiger partial charge >= 0.3 is 0 Å². The van der Waals surface area contributed by atoms with E-state index in [-0.39, 0.29) is 35.8 Å². The molecule has 0 radical (unpaired) electrons. The Morgan fingerprint density at radius 2 is 2.19 bits per heavy atom. The number of hydrogen-bond acceptors (Lipinski definition) is 4. The minimum absolute atomic E-state index is 0. The van der Waals surface area contributed by atoms with E-state index in [9.17, 15) is 8.42 Å². The highest BCUT2D eigenvalue weighted by Gasteiger charge is 2.15. The van der Waals surface area contributed by atoms with E-state index in [2.05, 4.69) is 15.6 Å². The number of halogens is 1. The molecule has 0 spiro atoms. The summed E-state index contributed by atoms with van der Waals surface area (Å²) in [5.41, 5.74) is 0. The van der Waals surface area contributed by atoms with Gasteiger partial charge in [0.25, 0.3) is 0 Å². The van der Waals surface area contributed by atoms with Crippen LogP contribution < -0.4 is 10.6 Å². The maximum absolute atomic E-state index is 11.1. The van der Waals surface area contributed by atoms with Crippen LogP contribution in [-0.2, 0) is 14.6 Å². The van der Waals surface area contributed by atoms with Crippen molar-refractivity contribution in [2.24, 2.45) is 4.99 Å². The molecule has 21 heavy (non-hydrogen) atoms. The lowest BCUT2D eigenvalue weighted by atomic mass is 10.2. The average Bonchev–Trinajstić information content (AvgIpc) is 2.87. The van der Waals surface area contributed by atoms with Crippen LogP contribution in [0.5, 0.6) is 0 Å². The summed E-state index contributed by atoms with van der Waals surface area (Å²) in [5.74, 6) is 0.901. The molecule has 0 aromatic rings. The third-order valence-corrected chi connectivity index (χ3v) is 4.29. The van der Waals surface area contributed by atoms with E-state index in [4.69, 9.17) is 4.74 Å². The smallest absolute Gasteiger partial charge is 0.191 e. The summed E-state index contributed by atoms with van der Waals surface area (Å²) >= 11 is 0. The Morgan fingerprint density at radius 1 is 1.48 bits per heavy atom. The second-order valence-corrected chi connectivity index (χ2v) is 7.65. The monoisotopic (exact) mass is 433 g/mol. The highest BCUT2D eigenvalue weighted by atomic mass is 127. The van der Waals surface area contributed by atoms with Crippen LogP contribution in [0.2, 0.25) is 0 Å². The van der Waals surface area contributed by atoms with Crippen molar-refractivity contribution in [1.82, 2.24) is 10.6 Å². The van der Waals surface area contributed by atoms with Crippen LogP contribution in [-0.4, -0.2) is 58.7 Å². The first-order valence-corrected chi connectivity index (χ1v) is 9.23. The molecule has 0 aromatic carbocycles. The fourth-order valence-corrected chi connectivity index (χ4v) is 2.90. The first-order valence-electron chi connectivity index (χ1n) is 7.17. The molecule has 0 aromatic heterocycles. The summed E-state index contributed by atoms with van der Waals surface area (Å²) < 4.78 is 27.8. The normalized spacial score (nSPS) is 20.7. The number of hydrogen-bond donors (Lipinski definition) is 2. The molecule has 126 valence electrons. The molecule has 0 amide bonds. The zero-order valence-electron chi connectivity index (χ0n) is 13.1. The van der Waals surface area contributed by atoms with Crippen molar-refractivity contribution in [1.29, 1.82) is 0 Å². The average molecular weight is 433 g/mol. The van der Waals surface area contributed by atoms with Crippen molar-refractivity contribution in [3.8, 4) is 0 Å². The van der Waals surface area contributed by atoms with Gasteiger partial charge in [-0.2, -0.15) is 0 Å². The van der Waals surface area contributed by atoms with Gasteiger partial charge in [-0.1, -0.05) is 0 Å². The summed E-state index contributed by atoms with van der Waals surface area (Å²) in [6, 6.07) is 0.0682. The third-order valence-electron chi connectivity index (χ3n) is 3.31. The minimum Gasteiger partial charge on any atom is -0.378 e. The first-order chi connectivity index (χ1) is 9.40. The lowest BCUT2D eigenvalue weighted by molar-refractivity contribution is 0.105. The molecule has 6 nitrogen and oxygen atoms in total. The van der Waals surface area contributed by atoms with E-state index in [1.54, 1.807) is 7.05 Å². The van der Waals surface area contributed by atoms with Gasteiger partial charge in [0.1, 0.15) is 9.84 Å². The van der Waals surface area contributed by atoms with E-state index < -0.39 is 9.84 Å². The van der Waals surface area contributed by atoms with Crippen molar-refractivity contribution < 1.29 is 13.2 Å². The second kappa shape index (κ2) is 10.6. The Morgan fingerprint density at radius 3 is 2.71 bits per heavy atom. The molecule has 0 aliphatic carbocycles. The number of rotatable bonds is 7. The zero-order chi connectivity index (χ0) is 15.0. The molecule has 0 bridgehead atoms. The SMILES string of the molecule is CN=C(NCCC1CCCO1)NC(C)CCS(C)(=O)=O.I. The topological polar surface area (TPSA) is 79.8 Å². The fourth-order valence-electron chi connectivity index (χ4n) is 2.11. The molecule has 2 N–H and O–H groups in total. The van der Waals surface area contributed by atoms with Gasteiger partial charge in [0.05, 0.1) is 11.9 Å². The van der Waals surface area contributed by atoms with E-state index in [0.717, 1.165) is 32.4 Å². The Bertz CT molecular complexity index is 409. The largest absolute Gasteiger partial charge is 0.378 e. The van der Waals surface area contributed by atoms with Crippen molar-refractivity contribution in [2.75, 3.05) is 32.2 Å². The van der Waals surface area contributed by atoms with Gasteiger partial charge < -0.3 is 15.4 Å². The summed E-state index contributed by atoms with van der Waals surface area (Å²) in [4.78, 5) is 4.14. The minimum atomic E-state index is -2.91. The van der Waals surface area contributed by atoms with Crippen LogP contribution in [0.3, 0.4) is 0 Å². The third kappa shape index (κ3) is 10.3. The molecule has 0 saturated carbocycles. The van der Waals surface area contributed by atoms with Gasteiger partial charge in [-0.3, -0.25) is 4.99 Å². The van der Waals surface area contributed by atoms with Gasteiger partial charge in [0.2, 0.25) is 0 Å². The van der Waals surface area contributed by atoms with Gasteiger partial charge in [0.15, 0.2) is 5.96 Å². The highest BCUT2D eigenvalue weighted by molar-refractivity contribution is 14.0. The molecule has 1 aliphatic heterocycles. The van der Waals surface area contributed by atoms with Crippen LogP contribution in [0.4, 0.5) is 0 Å². The van der Waals surface area contributed by atoms with Crippen LogP contribution in [0, 0.1) is 0 Å². The van der Waals surface area contributed by atoms with Crippen molar-refractivity contribution >= 4 is 39.8 Å². The zero-order valence-corrected chi connectivity index (χ0v) is 16.2. The van der Waals surface area contributed by atoms with E-state index in [0.29, 0.717) is 18.5 Å². The number of aliphatic imine (C=N–C) groups is 1. The standard InChI is InChI=1S/C13H27N3O3S.HI/c1-11(7-10-20(3,17)18)16-13(14-2)15-8-6-12-5-4-9-19-12;/h11-12H,4-10H2,1-3H3,(H2,14,15,16);1H. The summed E-state index contributed by atoms with van der Waals surface area (Å²) in [6.07, 6.45) is 5.46. The quantitative estimate of drug-likeness (QED) is 0.358. The number of ether oxygens (including phenoxy) is 1. The maximum Gasteiger partial charge on any atom is 0.191 e. The van der Waals surface area contributed by atoms with Crippen LogP contribution in [0.1, 0.15) is 32.6 Å². The lowest BCUT2D eigenvalue weighted by Gasteiger charge is -2.18. The molecular weight excluding hydrogens is 405 g/mol. The molecule has 1 fully saturated rings. The van der Waals surface area contributed by atoms with E-state index in [1.165, 1.54) is 6.26 Å². The second-order valence-electron chi connectivity index (χ2n) is 5.39. The van der Waals surface area contributed by atoms with Gasteiger partial charge in [0, 0.05) is 32.5 Å². The predicted octanol–water partition coefficient (Wildman–Crippen LogP) is 1.16. The van der Waals surface area contributed by atoms with Crippen molar-refractivity contribution in [2.45, 2.75) is 44.8 Å². The molecule has 1 saturated heterocycles. The summed E-state index contributed by atoms with van der Waals surface area (Å²) in [5, 5.41) is 6.43. The Kier molecular flexibility index (Phi) is 10.6. The molecule has 8 heteroatoms. The molecule has 2 unspecified atom stereocenters. The number of guanidine groups is 1. The van der Waals surface area contributed by atoms with Gasteiger partial charge in [-0.05, 0) is 32.6 Å². The first kappa shape index (κ1) is 20.9.